The average Bonchev–Trinajstić information content (AvgIpc) is 2.62. The van der Waals surface area contributed by atoms with Crippen LogP contribution in [0.2, 0.25) is 0 Å². The maximum atomic E-state index is 10.2. The Labute approximate surface area is 73.2 Å². The Bertz CT molecular complexity index is 239. The summed E-state index contributed by atoms with van der Waals surface area (Å²) in [5.41, 5.74) is 0. The van der Waals surface area contributed by atoms with Crippen molar-refractivity contribution in [2.75, 3.05) is 0 Å². The molecule has 0 radical (unpaired) electrons. The average molecular weight is 162 g/mol. The summed E-state index contributed by atoms with van der Waals surface area (Å²) < 4.78 is 0. The van der Waals surface area contributed by atoms with E-state index in [0.717, 1.165) is 18.1 Å². The summed E-state index contributed by atoms with van der Waals surface area (Å²) in [6.45, 7) is 2.29. The van der Waals surface area contributed by atoms with Crippen LogP contribution in [0.3, 0.4) is 0 Å². The third kappa shape index (κ3) is 1.04. The fraction of sp³-hybridized carbons (Fsp3) is 0.545. The van der Waals surface area contributed by atoms with Crippen LogP contribution >= 0.6 is 0 Å². The van der Waals surface area contributed by atoms with Gasteiger partial charge in [0.2, 0.25) is 0 Å². The van der Waals surface area contributed by atoms with Crippen LogP contribution in [0, 0.1) is 23.7 Å². The summed E-state index contributed by atoms with van der Waals surface area (Å²) >= 11 is 0. The number of fused-ring (bicyclic) bond motifs is 2. The molecule has 0 aromatic heterocycles. The van der Waals surface area contributed by atoms with Crippen molar-refractivity contribution in [2.24, 2.45) is 23.7 Å². The van der Waals surface area contributed by atoms with Gasteiger partial charge in [0.05, 0.1) is 0 Å². The Morgan fingerprint density at radius 3 is 2.67 bits per heavy atom. The van der Waals surface area contributed by atoms with Gasteiger partial charge in [-0.2, -0.15) is 0 Å². The van der Waals surface area contributed by atoms with Gasteiger partial charge in [0.1, 0.15) is 6.29 Å². The first-order valence-electron chi connectivity index (χ1n) is 4.63. The van der Waals surface area contributed by atoms with Gasteiger partial charge in [-0.3, -0.25) is 4.79 Å². The van der Waals surface area contributed by atoms with Crippen LogP contribution in [0.25, 0.3) is 0 Å². The molecule has 1 fully saturated rings. The lowest BCUT2D eigenvalue weighted by Gasteiger charge is -2.20. The fourth-order valence-electron chi connectivity index (χ4n) is 2.60. The minimum atomic E-state index is 0.616. The largest absolute Gasteiger partial charge is 0.299 e. The van der Waals surface area contributed by atoms with Crippen molar-refractivity contribution in [3.63, 3.8) is 0 Å². The molecule has 2 bridgehead atoms. The van der Waals surface area contributed by atoms with E-state index in [-0.39, 0.29) is 0 Å². The van der Waals surface area contributed by atoms with E-state index < -0.39 is 0 Å². The van der Waals surface area contributed by atoms with E-state index in [1.54, 1.807) is 6.08 Å². The summed E-state index contributed by atoms with van der Waals surface area (Å²) in [5.74, 6) is 2.83. The van der Waals surface area contributed by atoms with Crippen molar-refractivity contribution in [1.29, 1.82) is 0 Å². The molecule has 2 aliphatic rings. The fourth-order valence-corrected chi connectivity index (χ4v) is 2.60. The van der Waals surface area contributed by atoms with Crippen LogP contribution in [0.5, 0.6) is 0 Å². The number of hydrogen-bond acceptors (Lipinski definition) is 1. The van der Waals surface area contributed by atoms with E-state index in [9.17, 15) is 4.79 Å². The molecule has 2 rings (SSSR count). The van der Waals surface area contributed by atoms with E-state index >= 15 is 0 Å². The molecule has 0 unspecified atom stereocenters. The lowest BCUT2D eigenvalue weighted by atomic mass is 9.84. The Morgan fingerprint density at radius 2 is 2.08 bits per heavy atom. The first-order valence-corrected chi connectivity index (χ1v) is 4.63. The molecule has 2 aliphatic carbocycles. The Balaban J connectivity index is 2.12. The highest BCUT2D eigenvalue weighted by molar-refractivity contribution is 5.64. The first-order chi connectivity index (χ1) is 5.83. The van der Waals surface area contributed by atoms with E-state index in [0.29, 0.717) is 11.8 Å². The van der Waals surface area contributed by atoms with Crippen LogP contribution in [0.4, 0.5) is 0 Å². The van der Waals surface area contributed by atoms with Gasteiger partial charge >= 0.3 is 0 Å². The number of hydrogen-bond donors (Lipinski definition) is 0. The van der Waals surface area contributed by atoms with E-state index in [2.05, 4.69) is 25.2 Å². The Hall–Kier alpha value is -0.850. The van der Waals surface area contributed by atoms with Crippen molar-refractivity contribution in [1.82, 2.24) is 0 Å². The molecule has 0 aromatic rings. The van der Waals surface area contributed by atoms with Gasteiger partial charge in [0.15, 0.2) is 0 Å². The normalized spacial score (nSPS) is 44.4. The SMILES string of the molecule is C[C@H]1[C@H](/C=C/C=O)[C@@H]2C=C[C@@H]1C2. The molecule has 0 aromatic carbocycles. The van der Waals surface area contributed by atoms with Crippen molar-refractivity contribution in [2.45, 2.75) is 13.3 Å². The number of carbonyl (C=O) groups excluding carboxylic acids is 1. The quantitative estimate of drug-likeness (QED) is 0.345. The smallest absolute Gasteiger partial charge is 0.142 e. The molecule has 1 heteroatoms. The van der Waals surface area contributed by atoms with Gasteiger partial charge in [0.25, 0.3) is 0 Å². The standard InChI is InChI=1S/C11H14O/c1-8-9-4-5-10(7-9)11(8)3-2-6-12/h2-6,8-11H,7H2,1H3/b3-2+/t8-,9-,10-,11+/m1/s1. The highest BCUT2D eigenvalue weighted by Crippen LogP contribution is 2.48. The minimum absolute atomic E-state index is 0.616. The van der Waals surface area contributed by atoms with E-state index in [4.69, 9.17) is 0 Å². The van der Waals surface area contributed by atoms with Gasteiger partial charge in [-0.25, -0.2) is 0 Å². The Morgan fingerprint density at radius 1 is 1.33 bits per heavy atom. The zero-order valence-electron chi connectivity index (χ0n) is 7.31. The highest BCUT2D eigenvalue weighted by Gasteiger charge is 2.40. The Kier molecular flexibility index (Phi) is 1.87. The van der Waals surface area contributed by atoms with E-state index in [1.807, 2.05) is 0 Å². The molecule has 12 heavy (non-hydrogen) atoms. The second-order valence-corrected chi connectivity index (χ2v) is 3.91. The molecule has 0 heterocycles. The maximum Gasteiger partial charge on any atom is 0.142 e. The molecule has 0 N–H and O–H groups in total. The highest BCUT2D eigenvalue weighted by atomic mass is 16.1. The molecular formula is C11H14O. The van der Waals surface area contributed by atoms with Crippen molar-refractivity contribution in [3.05, 3.63) is 24.3 Å². The third-order valence-corrected chi connectivity index (χ3v) is 3.34. The maximum absolute atomic E-state index is 10.2. The summed E-state index contributed by atoms with van der Waals surface area (Å²) in [4.78, 5) is 10.2. The van der Waals surface area contributed by atoms with Crippen LogP contribution < -0.4 is 0 Å². The topological polar surface area (TPSA) is 17.1 Å². The van der Waals surface area contributed by atoms with Crippen molar-refractivity contribution >= 4 is 6.29 Å². The minimum Gasteiger partial charge on any atom is -0.299 e. The summed E-state index contributed by atoms with van der Waals surface area (Å²) in [6, 6.07) is 0. The van der Waals surface area contributed by atoms with Crippen LogP contribution in [-0.2, 0) is 4.79 Å². The third-order valence-electron chi connectivity index (χ3n) is 3.34. The molecule has 0 aliphatic heterocycles. The zero-order chi connectivity index (χ0) is 8.55. The molecular weight excluding hydrogens is 148 g/mol. The number of carbonyl (C=O) groups is 1. The summed E-state index contributed by atoms with van der Waals surface area (Å²) in [7, 11) is 0. The molecule has 64 valence electrons. The first kappa shape index (κ1) is 7.78. The van der Waals surface area contributed by atoms with Gasteiger partial charge < -0.3 is 0 Å². The van der Waals surface area contributed by atoms with Crippen LogP contribution in [0.15, 0.2) is 24.3 Å². The number of aldehydes is 1. The second-order valence-electron chi connectivity index (χ2n) is 3.91. The second kappa shape index (κ2) is 2.89. The molecule has 0 saturated heterocycles. The predicted molar refractivity (Wildman–Crippen MR) is 48.6 cm³/mol. The molecule has 0 amide bonds. The van der Waals surface area contributed by atoms with E-state index in [1.165, 1.54) is 6.42 Å². The van der Waals surface area contributed by atoms with Crippen LogP contribution in [-0.4, -0.2) is 6.29 Å². The molecule has 4 atom stereocenters. The van der Waals surface area contributed by atoms with Crippen LogP contribution in [0.1, 0.15) is 13.3 Å². The predicted octanol–water partition coefficient (Wildman–Crippen LogP) is 2.20. The lowest BCUT2D eigenvalue weighted by molar-refractivity contribution is -0.104. The monoisotopic (exact) mass is 162 g/mol. The van der Waals surface area contributed by atoms with Gasteiger partial charge in [-0.15, -0.1) is 0 Å². The lowest BCUT2D eigenvalue weighted by Crippen LogP contribution is -2.13. The van der Waals surface area contributed by atoms with Gasteiger partial charge in [0, 0.05) is 0 Å². The molecule has 1 nitrogen and oxygen atoms in total. The van der Waals surface area contributed by atoms with Crippen molar-refractivity contribution in [3.8, 4) is 0 Å². The van der Waals surface area contributed by atoms with Crippen molar-refractivity contribution < 1.29 is 4.79 Å². The summed E-state index contributed by atoms with van der Waals surface area (Å²) in [5, 5.41) is 0. The zero-order valence-corrected chi connectivity index (χ0v) is 7.31. The molecule has 1 saturated carbocycles. The summed E-state index contributed by atoms with van der Waals surface area (Å²) in [6.07, 6.45) is 10.5. The van der Waals surface area contributed by atoms with Gasteiger partial charge in [-0.1, -0.05) is 25.2 Å². The number of allylic oxidation sites excluding steroid dienone is 4. The van der Waals surface area contributed by atoms with Gasteiger partial charge in [-0.05, 0) is 36.2 Å². The molecule has 0 spiro atoms. The number of rotatable bonds is 2.